The quantitative estimate of drug-likeness (QED) is 0.719. The predicted molar refractivity (Wildman–Crippen MR) is 125 cm³/mol. The van der Waals surface area contributed by atoms with Gasteiger partial charge in [0.15, 0.2) is 10.2 Å². The molecule has 1 amide bonds. The highest BCUT2D eigenvalue weighted by Crippen LogP contribution is 2.33. The Morgan fingerprint density at radius 1 is 1.23 bits per heavy atom. The summed E-state index contributed by atoms with van der Waals surface area (Å²) in [6.45, 7) is 6.03. The van der Waals surface area contributed by atoms with E-state index < -0.39 is 5.91 Å². The Labute approximate surface area is 183 Å². The number of aliphatic imine (C=N–C) groups is 1. The van der Waals surface area contributed by atoms with Crippen LogP contribution in [0.15, 0.2) is 39.9 Å². The maximum absolute atomic E-state index is 12.6. The van der Waals surface area contributed by atoms with Gasteiger partial charge in [0.2, 0.25) is 5.17 Å². The highest BCUT2D eigenvalue weighted by Gasteiger charge is 2.35. The van der Waals surface area contributed by atoms with Crippen LogP contribution in [-0.2, 0) is 4.79 Å². The summed E-state index contributed by atoms with van der Waals surface area (Å²) < 4.78 is 8.42. The summed E-state index contributed by atoms with van der Waals surface area (Å²) in [7, 11) is 1.65. The second-order valence-electron chi connectivity index (χ2n) is 6.93. The van der Waals surface area contributed by atoms with Crippen molar-refractivity contribution in [1.29, 1.82) is 5.41 Å². The van der Waals surface area contributed by atoms with Gasteiger partial charge in [0.05, 0.1) is 18.4 Å². The van der Waals surface area contributed by atoms with Gasteiger partial charge in [-0.2, -0.15) is 10.0 Å². The fourth-order valence-electron chi connectivity index (χ4n) is 3.49. The van der Waals surface area contributed by atoms with Gasteiger partial charge in [0, 0.05) is 11.4 Å². The molecule has 154 valence electrons. The fraction of sp³-hybridized carbons (Fsp3) is 0.238. The van der Waals surface area contributed by atoms with E-state index >= 15 is 0 Å². The minimum Gasteiger partial charge on any atom is -0.495 e. The summed E-state index contributed by atoms with van der Waals surface area (Å²) in [5.41, 5.74) is 5.08. The van der Waals surface area contributed by atoms with Crippen LogP contribution in [0.25, 0.3) is 11.8 Å². The van der Waals surface area contributed by atoms with E-state index in [1.807, 2.05) is 45.2 Å². The molecule has 1 aromatic heterocycles. The van der Waals surface area contributed by atoms with E-state index in [4.69, 9.17) is 10.1 Å². The monoisotopic (exact) mass is 439 g/mol. The Morgan fingerprint density at radius 2 is 2.00 bits per heavy atom. The molecule has 3 heterocycles. The van der Waals surface area contributed by atoms with Gasteiger partial charge in [-0.15, -0.1) is 16.9 Å². The average Bonchev–Trinajstić information content (AvgIpc) is 3.25. The van der Waals surface area contributed by atoms with Crippen molar-refractivity contribution < 1.29 is 9.53 Å². The number of nitrogens with one attached hydrogen (secondary N) is 1. The Balaban J connectivity index is 1.79. The number of carbonyl (C=O) groups is 1. The minimum atomic E-state index is -0.422. The predicted octanol–water partition coefficient (Wildman–Crippen LogP) is 4.35. The number of nitrogens with zero attached hydrogens (tertiary/aromatic N) is 4. The number of hydrazone groups is 1. The molecule has 7 nitrogen and oxygen atoms in total. The summed E-state index contributed by atoms with van der Waals surface area (Å²) in [5, 5.41) is 14.7. The fourth-order valence-corrected chi connectivity index (χ4v) is 4.84. The van der Waals surface area contributed by atoms with Gasteiger partial charge in [0.25, 0.3) is 5.91 Å². The molecule has 0 saturated heterocycles. The molecule has 30 heavy (non-hydrogen) atoms. The molecular weight excluding hydrogens is 418 g/mol. The lowest BCUT2D eigenvalue weighted by Gasteiger charge is -2.20. The third kappa shape index (κ3) is 3.37. The zero-order valence-corrected chi connectivity index (χ0v) is 18.9. The third-order valence-corrected chi connectivity index (χ3v) is 6.84. The van der Waals surface area contributed by atoms with E-state index in [1.165, 1.54) is 28.5 Å². The molecule has 0 unspecified atom stereocenters. The number of aryl methyl sites for hydroxylation is 2. The van der Waals surface area contributed by atoms with Crippen LogP contribution >= 0.6 is 23.5 Å². The van der Waals surface area contributed by atoms with E-state index in [0.29, 0.717) is 5.17 Å². The molecule has 2 aliphatic rings. The summed E-state index contributed by atoms with van der Waals surface area (Å²) >= 11 is 2.77. The van der Waals surface area contributed by atoms with E-state index in [0.717, 1.165) is 38.3 Å². The van der Waals surface area contributed by atoms with Crippen molar-refractivity contribution in [2.75, 3.05) is 13.4 Å². The van der Waals surface area contributed by atoms with E-state index in [1.54, 1.807) is 13.2 Å². The second-order valence-corrected chi connectivity index (χ2v) is 8.94. The van der Waals surface area contributed by atoms with Crippen molar-refractivity contribution in [1.82, 2.24) is 9.58 Å². The molecule has 1 aromatic carbocycles. The Morgan fingerprint density at radius 3 is 2.70 bits per heavy atom. The van der Waals surface area contributed by atoms with Gasteiger partial charge in [0.1, 0.15) is 5.75 Å². The smallest absolute Gasteiger partial charge is 0.283 e. The third-order valence-electron chi connectivity index (χ3n) is 4.96. The minimum absolute atomic E-state index is 0.0412. The summed E-state index contributed by atoms with van der Waals surface area (Å²) in [5.74, 6) is 0.388. The van der Waals surface area contributed by atoms with Crippen LogP contribution in [0.3, 0.4) is 0 Å². The number of methoxy groups -OCH3 is 1. The number of fused-ring (bicyclic) bond motifs is 1. The maximum Gasteiger partial charge on any atom is 0.283 e. The van der Waals surface area contributed by atoms with Crippen LogP contribution < -0.4 is 4.74 Å². The molecule has 0 aliphatic carbocycles. The number of ether oxygens (including phenoxy) is 1. The lowest BCUT2D eigenvalue weighted by molar-refractivity contribution is -0.114. The van der Waals surface area contributed by atoms with Crippen molar-refractivity contribution >= 4 is 50.9 Å². The zero-order valence-electron chi connectivity index (χ0n) is 17.3. The molecule has 2 aromatic rings. The first-order valence-electron chi connectivity index (χ1n) is 9.22. The molecule has 0 atom stereocenters. The van der Waals surface area contributed by atoms with Crippen LogP contribution in [0, 0.1) is 26.2 Å². The molecule has 2 aliphatic heterocycles. The molecular formula is C21H21N5O2S2. The lowest BCUT2D eigenvalue weighted by atomic mass is 10.1. The SMILES string of the molecule is COc1ccc(C)cc1-n1c(C)cc(/C=C2/C(=N)N3N=C(SC)SC3=NC2=O)c1C. The van der Waals surface area contributed by atoms with Crippen molar-refractivity contribution in [2.24, 2.45) is 10.1 Å². The number of hydrogen-bond acceptors (Lipinski definition) is 6. The number of benzene rings is 1. The summed E-state index contributed by atoms with van der Waals surface area (Å²) in [4.78, 5) is 16.8. The number of aromatic nitrogens is 1. The molecule has 4 rings (SSSR count). The highest BCUT2D eigenvalue weighted by atomic mass is 32.2. The van der Waals surface area contributed by atoms with Crippen LogP contribution in [0.1, 0.15) is 22.5 Å². The van der Waals surface area contributed by atoms with Gasteiger partial charge >= 0.3 is 0 Å². The number of amides is 1. The Kier molecular flexibility index (Phi) is 5.33. The van der Waals surface area contributed by atoms with Crippen LogP contribution in [0.2, 0.25) is 0 Å². The molecule has 0 radical (unpaired) electrons. The highest BCUT2D eigenvalue weighted by molar-refractivity contribution is 8.45. The molecule has 0 spiro atoms. The van der Waals surface area contributed by atoms with Crippen molar-refractivity contribution in [3.05, 3.63) is 52.4 Å². The van der Waals surface area contributed by atoms with E-state index in [9.17, 15) is 4.79 Å². The molecule has 0 fully saturated rings. The maximum atomic E-state index is 12.6. The molecule has 1 N–H and O–H groups in total. The summed E-state index contributed by atoms with van der Waals surface area (Å²) in [6, 6.07) is 8.03. The zero-order chi connectivity index (χ0) is 21.6. The van der Waals surface area contributed by atoms with Crippen molar-refractivity contribution in [3.8, 4) is 11.4 Å². The lowest BCUT2D eigenvalue weighted by Crippen LogP contribution is -2.35. The standard InChI is InChI=1S/C21H21N5O2S2/c1-11-6-7-17(28-4)16(8-11)25-12(2)9-14(13(25)3)10-15-18(22)26-20(23-19(15)27)30-21(24-26)29-5/h6-10,22H,1-5H3/b15-10-,22-18?. The average molecular weight is 440 g/mol. The first kappa shape index (κ1) is 20.5. The van der Waals surface area contributed by atoms with Crippen molar-refractivity contribution in [2.45, 2.75) is 20.8 Å². The van der Waals surface area contributed by atoms with Gasteiger partial charge in [-0.1, -0.05) is 6.07 Å². The Bertz CT molecular complexity index is 1180. The number of rotatable bonds is 3. The van der Waals surface area contributed by atoms with Crippen LogP contribution in [0.5, 0.6) is 5.75 Å². The van der Waals surface area contributed by atoms with Crippen molar-refractivity contribution in [3.63, 3.8) is 0 Å². The molecule has 0 saturated carbocycles. The first-order valence-corrected chi connectivity index (χ1v) is 11.3. The molecule has 0 bridgehead atoms. The van der Waals surface area contributed by atoms with Crippen LogP contribution in [-0.4, -0.2) is 44.2 Å². The number of carbonyl (C=O) groups excluding carboxylic acids is 1. The van der Waals surface area contributed by atoms with Gasteiger partial charge in [-0.05, 0) is 74.2 Å². The number of amidine groups is 2. The normalized spacial score (nSPS) is 17.4. The van der Waals surface area contributed by atoms with Crippen LogP contribution in [0.4, 0.5) is 0 Å². The second kappa shape index (κ2) is 7.81. The van der Waals surface area contributed by atoms with E-state index in [-0.39, 0.29) is 11.4 Å². The first-order chi connectivity index (χ1) is 14.3. The van der Waals surface area contributed by atoms with E-state index in [2.05, 4.69) is 20.7 Å². The number of thioether (sulfide) groups is 2. The Hall–Kier alpha value is -2.78. The van der Waals surface area contributed by atoms with Gasteiger partial charge < -0.3 is 9.30 Å². The molecule has 9 heteroatoms. The number of hydrogen-bond donors (Lipinski definition) is 1. The summed E-state index contributed by atoms with van der Waals surface area (Å²) in [6.07, 6.45) is 3.63. The van der Waals surface area contributed by atoms with Gasteiger partial charge in [-0.3, -0.25) is 10.2 Å². The van der Waals surface area contributed by atoms with Gasteiger partial charge in [-0.25, -0.2) is 0 Å². The largest absolute Gasteiger partial charge is 0.495 e. The topological polar surface area (TPSA) is 83.0 Å².